The second-order valence-electron chi connectivity index (χ2n) is 6.62. The molecule has 0 radical (unpaired) electrons. The van der Waals surface area contributed by atoms with Crippen LogP contribution in [0.5, 0.6) is 0 Å². The van der Waals surface area contributed by atoms with Gasteiger partial charge in [-0.05, 0) is 49.1 Å². The molecule has 1 aliphatic carbocycles. The van der Waals surface area contributed by atoms with Crippen molar-refractivity contribution in [2.24, 2.45) is 0 Å². The van der Waals surface area contributed by atoms with Crippen LogP contribution >= 0.6 is 11.6 Å². The molecule has 0 aromatic heterocycles. The molecule has 0 amide bonds. The van der Waals surface area contributed by atoms with E-state index in [1.165, 1.54) is 0 Å². The highest BCUT2D eigenvalue weighted by atomic mass is 35.5. The van der Waals surface area contributed by atoms with Crippen molar-refractivity contribution < 1.29 is 9.84 Å². The molecule has 0 unspecified atom stereocenters. The number of epoxide rings is 1. The van der Waals surface area contributed by atoms with Gasteiger partial charge in [0.2, 0.25) is 0 Å². The molecule has 1 N–H and O–H groups in total. The molecule has 122 valence electrons. The van der Waals surface area contributed by atoms with Crippen LogP contribution < -0.4 is 0 Å². The van der Waals surface area contributed by atoms with Crippen LogP contribution in [0.25, 0.3) is 0 Å². The molecule has 2 nitrogen and oxygen atoms in total. The van der Waals surface area contributed by atoms with Crippen LogP contribution in [-0.2, 0) is 4.74 Å². The fraction of sp³-hybridized carbons (Fsp3) is 0.333. The van der Waals surface area contributed by atoms with Crippen LogP contribution in [0.1, 0.15) is 42.9 Å². The first-order valence-electron chi connectivity index (χ1n) is 8.37. The molecule has 3 heteroatoms. The molecule has 2 aromatic carbocycles. The highest BCUT2D eigenvalue weighted by Crippen LogP contribution is 2.61. The van der Waals surface area contributed by atoms with E-state index in [2.05, 4.69) is 11.8 Å². The summed E-state index contributed by atoms with van der Waals surface area (Å²) in [5.74, 6) is 6.26. The lowest BCUT2D eigenvalue weighted by molar-refractivity contribution is -0.0182. The summed E-state index contributed by atoms with van der Waals surface area (Å²) in [5, 5.41) is 12.0. The van der Waals surface area contributed by atoms with Gasteiger partial charge in [-0.3, -0.25) is 0 Å². The molecule has 1 spiro atoms. The Morgan fingerprint density at radius 2 is 1.71 bits per heavy atom. The predicted octanol–water partition coefficient (Wildman–Crippen LogP) is 4.51. The number of halogens is 1. The topological polar surface area (TPSA) is 32.8 Å². The molecular formula is C21H19ClO2. The van der Waals surface area contributed by atoms with Gasteiger partial charge in [0.25, 0.3) is 0 Å². The van der Waals surface area contributed by atoms with E-state index in [1.807, 2.05) is 54.6 Å². The van der Waals surface area contributed by atoms with Crippen LogP contribution in [-0.4, -0.2) is 16.3 Å². The molecule has 0 bridgehead atoms. The molecule has 1 saturated carbocycles. The third kappa shape index (κ3) is 2.63. The van der Waals surface area contributed by atoms with Crippen molar-refractivity contribution in [1.29, 1.82) is 0 Å². The SMILES string of the molecule is O[C@]1(C#Cc2ccccc2)CCCC[C@]12O[C@H]2c1ccc(Cl)cc1. The molecule has 24 heavy (non-hydrogen) atoms. The summed E-state index contributed by atoms with van der Waals surface area (Å²) in [6, 6.07) is 17.5. The van der Waals surface area contributed by atoms with Crippen molar-refractivity contribution in [3.8, 4) is 11.8 Å². The van der Waals surface area contributed by atoms with Gasteiger partial charge in [0.15, 0.2) is 5.60 Å². The summed E-state index contributed by atoms with van der Waals surface area (Å²) in [7, 11) is 0. The Kier molecular flexibility index (Phi) is 3.89. The number of ether oxygens (including phenoxy) is 1. The van der Waals surface area contributed by atoms with E-state index in [1.54, 1.807) is 0 Å². The normalized spacial score (nSPS) is 31.3. The minimum atomic E-state index is -1.11. The molecule has 4 rings (SSSR count). The van der Waals surface area contributed by atoms with Gasteiger partial charge in [-0.2, -0.15) is 0 Å². The first-order chi connectivity index (χ1) is 11.6. The zero-order valence-corrected chi connectivity index (χ0v) is 14.1. The first kappa shape index (κ1) is 15.7. The van der Waals surface area contributed by atoms with Gasteiger partial charge in [0.05, 0.1) is 0 Å². The first-order valence-corrected chi connectivity index (χ1v) is 8.75. The Morgan fingerprint density at radius 3 is 2.46 bits per heavy atom. The van der Waals surface area contributed by atoms with Crippen LogP contribution in [0, 0.1) is 11.8 Å². The molecule has 1 heterocycles. The van der Waals surface area contributed by atoms with Crippen molar-refractivity contribution in [1.82, 2.24) is 0 Å². The van der Waals surface area contributed by atoms with Crippen molar-refractivity contribution >= 4 is 11.6 Å². The van der Waals surface area contributed by atoms with Gasteiger partial charge < -0.3 is 9.84 Å². The van der Waals surface area contributed by atoms with Crippen molar-refractivity contribution in [3.63, 3.8) is 0 Å². The second-order valence-corrected chi connectivity index (χ2v) is 7.06. The summed E-state index contributed by atoms with van der Waals surface area (Å²) in [4.78, 5) is 0. The monoisotopic (exact) mass is 338 g/mol. The second kappa shape index (κ2) is 5.93. The summed E-state index contributed by atoms with van der Waals surface area (Å²) < 4.78 is 6.08. The average molecular weight is 339 g/mol. The molecule has 1 aliphatic heterocycles. The summed E-state index contributed by atoms with van der Waals surface area (Å²) in [5.41, 5.74) is 0.281. The number of hydrogen-bond acceptors (Lipinski definition) is 2. The quantitative estimate of drug-likeness (QED) is 0.613. The maximum Gasteiger partial charge on any atom is 0.157 e. The van der Waals surface area contributed by atoms with E-state index in [0.717, 1.165) is 30.4 Å². The number of hydrogen-bond donors (Lipinski definition) is 1. The fourth-order valence-electron chi connectivity index (χ4n) is 3.71. The standard InChI is InChI=1S/C21H19ClO2/c22-18-10-8-17(9-11-18)19-21(24-19)14-5-4-13-20(21,23)15-12-16-6-2-1-3-7-16/h1-3,6-11,19,23H,4-5,13-14H2/t19-,20-,21+/m0/s1. The number of benzene rings is 2. The summed E-state index contributed by atoms with van der Waals surface area (Å²) >= 11 is 5.98. The number of rotatable bonds is 1. The average Bonchev–Trinajstić information content (AvgIpc) is 3.34. The maximum atomic E-state index is 11.3. The zero-order valence-electron chi connectivity index (χ0n) is 13.3. The lowest BCUT2D eigenvalue weighted by Crippen LogP contribution is -2.47. The Hall–Kier alpha value is -1.79. The van der Waals surface area contributed by atoms with Gasteiger partial charge >= 0.3 is 0 Å². The minimum absolute atomic E-state index is 0.106. The van der Waals surface area contributed by atoms with E-state index in [0.29, 0.717) is 11.4 Å². The van der Waals surface area contributed by atoms with E-state index >= 15 is 0 Å². The molecule has 3 atom stereocenters. The third-order valence-electron chi connectivity index (χ3n) is 5.09. The van der Waals surface area contributed by atoms with Gasteiger partial charge in [0, 0.05) is 10.6 Å². The third-order valence-corrected chi connectivity index (χ3v) is 5.34. The smallest absolute Gasteiger partial charge is 0.157 e. The van der Waals surface area contributed by atoms with E-state index in [9.17, 15) is 5.11 Å². The van der Waals surface area contributed by atoms with E-state index in [-0.39, 0.29) is 6.10 Å². The highest BCUT2D eigenvalue weighted by Gasteiger charge is 2.69. The zero-order chi connectivity index (χ0) is 16.6. The lowest BCUT2D eigenvalue weighted by atomic mass is 9.72. The van der Waals surface area contributed by atoms with Crippen LogP contribution in [0.15, 0.2) is 54.6 Å². The van der Waals surface area contributed by atoms with Crippen LogP contribution in [0.4, 0.5) is 0 Å². The van der Waals surface area contributed by atoms with Crippen LogP contribution in [0.2, 0.25) is 5.02 Å². The molecule has 1 saturated heterocycles. The molecule has 2 aliphatic rings. The maximum absolute atomic E-state index is 11.3. The van der Waals surface area contributed by atoms with Gasteiger partial charge in [-0.25, -0.2) is 0 Å². The minimum Gasteiger partial charge on any atom is -0.374 e. The molecular weight excluding hydrogens is 320 g/mol. The highest BCUT2D eigenvalue weighted by molar-refractivity contribution is 6.30. The van der Waals surface area contributed by atoms with Gasteiger partial charge in [-0.1, -0.05) is 60.2 Å². The van der Waals surface area contributed by atoms with Gasteiger partial charge in [0.1, 0.15) is 11.7 Å². The van der Waals surface area contributed by atoms with E-state index in [4.69, 9.17) is 16.3 Å². The Labute approximate surface area is 147 Å². The van der Waals surface area contributed by atoms with Crippen molar-refractivity contribution in [2.75, 3.05) is 0 Å². The Bertz CT molecular complexity index is 790. The van der Waals surface area contributed by atoms with Crippen LogP contribution in [0.3, 0.4) is 0 Å². The number of aliphatic hydroxyl groups is 1. The largest absolute Gasteiger partial charge is 0.374 e. The molecule has 2 aromatic rings. The summed E-state index contributed by atoms with van der Waals surface area (Å²) in [6.07, 6.45) is 3.40. The molecule has 2 fully saturated rings. The van der Waals surface area contributed by atoms with Crippen molar-refractivity contribution in [3.05, 3.63) is 70.7 Å². The Balaban J connectivity index is 1.64. The predicted molar refractivity (Wildman–Crippen MR) is 94.7 cm³/mol. The Morgan fingerprint density at radius 1 is 1.00 bits per heavy atom. The van der Waals surface area contributed by atoms with E-state index < -0.39 is 11.2 Å². The lowest BCUT2D eigenvalue weighted by Gasteiger charge is -2.34. The van der Waals surface area contributed by atoms with Crippen molar-refractivity contribution in [2.45, 2.75) is 43.0 Å². The fourth-order valence-corrected chi connectivity index (χ4v) is 3.83. The summed E-state index contributed by atoms with van der Waals surface area (Å²) in [6.45, 7) is 0. The van der Waals surface area contributed by atoms with Gasteiger partial charge in [-0.15, -0.1) is 0 Å².